The number of aromatic nitrogens is 4. The molecule has 0 bridgehead atoms. The van der Waals surface area contributed by atoms with Crippen molar-refractivity contribution in [3.8, 4) is 5.69 Å². The standard InChI is InChI=1S/C12H11N5O3S/c18-10(16-6-7-20-12(16)19)8-21-11-13-14-15-17(11)9-4-2-1-3-5-9/h1-5H,6-8H2. The predicted octanol–water partition coefficient (Wildman–Crippen LogP) is 0.733. The van der Waals surface area contributed by atoms with Gasteiger partial charge in [0, 0.05) is 0 Å². The Morgan fingerprint density at radius 3 is 2.86 bits per heavy atom. The number of amides is 2. The van der Waals surface area contributed by atoms with E-state index in [0.29, 0.717) is 11.7 Å². The first kappa shape index (κ1) is 13.6. The summed E-state index contributed by atoms with van der Waals surface area (Å²) in [5, 5.41) is 11.9. The van der Waals surface area contributed by atoms with Crippen LogP contribution in [0.5, 0.6) is 0 Å². The van der Waals surface area contributed by atoms with Crippen molar-refractivity contribution in [1.29, 1.82) is 0 Å². The zero-order valence-electron chi connectivity index (χ0n) is 10.9. The normalized spacial score (nSPS) is 14.3. The molecule has 0 unspecified atom stereocenters. The maximum atomic E-state index is 11.9. The molecule has 0 N–H and O–H groups in total. The van der Waals surface area contributed by atoms with Gasteiger partial charge in [0.25, 0.3) is 0 Å². The Morgan fingerprint density at radius 1 is 1.33 bits per heavy atom. The van der Waals surface area contributed by atoms with Gasteiger partial charge in [-0.1, -0.05) is 30.0 Å². The number of nitrogens with zero attached hydrogens (tertiary/aromatic N) is 5. The van der Waals surface area contributed by atoms with Crippen LogP contribution < -0.4 is 0 Å². The molecule has 0 spiro atoms. The number of benzene rings is 1. The minimum Gasteiger partial charge on any atom is -0.447 e. The SMILES string of the molecule is O=C(CSc1nnnn1-c1ccccc1)N1CCOC1=O. The van der Waals surface area contributed by atoms with Crippen LogP contribution in [0.3, 0.4) is 0 Å². The van der Waals surface area contributed by atoms with E-state index >= 15 is 0 Å². The summed E-state index contributed by atoms with van der Waals surface area (Å²) in [6.45, 7) is 0.541. The molecule has 1 saturated heterocycles. The van der Waals surface area contributed by atoms with Crippen molar-refractivity contribution in [3.63, 3.8) is 0 Å². The topological polar surface area (TPSA) is 90.2 Å². The number of tetrazole rings is 1. The summed E-state index contributed by atoms with van der Waals surface area (Å²) in [5.41, 5.74) is 0.804. The Balaban J connectivity index is 1.68. The van der Waals surface area contributed by atoms with E-state index in [1.54, 1.807) is 4.68 Å². The first-order valence-corrected chi connectivity index (χ1v) is 7.18. The summed E-state index contributed by atoms with van der Waals surface area (Å²) >= 11 is 1.17. The van der Waals surface area contributed by atoms with Crippen molar-refractivity contribution in [1.82, 2.24) is 25.1 Å². The van der Waals surface area contributed by atoms with Gasteiger partial charge in [-0.3, -0.25) is 4.79 Å². The molecule has 2 amide bonds. The monoisotopic (exact) mass is 305 g/mol. The van der Waals surface area contributed by atoms with Crippen LogP contribution in [0.4, 0.5) is 4.79 Å². The maximum Gasteiger partial charge on any atom is 0.416 e. The van der Waals surface area contributed by atoms with Crippen LogP contribution in [0.25, 0.3) is 5.69 Å². The van der Waals surface area contributed by atoms with Crippen molar-refractivity contribution in [2.45, 2.75) is 5.16 Å². The second-order valence-corrected chi connectivity index (χ2v) is 5.10. The van der Waals surface area contributed by atoms with Gasteiger partial charge in [-0.05, 0) is 22.6 Å². The number of hydrogen-bond acceptors (Lipinski definition) is 7. The summed E-state index contributed by atoms with van der Waals surface area (Å²) in [5.74, 6) is -0.243. The van der Waals surface area contributed by atoms with Crippen molar-refractivity contribution in [2.24, 2.45) is 0 Å². The second kappa shape index (κ2) is 5.92. The average Bonchev–Trinajstić information content (AvgIpc) is 3.14. The zero-order valence-corrected chi connectivity index (χ0v) is 11.7. The second-order valence-electron chi connectivity index (χ2n) is 4.16. The molecular formula is C12H11N5O3S. The van der Waals surface area contributed by atoms with E-state index in [0.717, 1.165) is 10.6 Å². The van der Waals surface area contributed by atoms with Crippen molar-refractivity contribution >= 4 is 23.8 Å². The summed E-state index contributed by atoms with van der Waals surface area (Å²) < 4.78 is 6.27. The van der Waals surface area contributed by atoms with Crippen LogP contribution in [-0.2, 0) is 9.53 Å². The Hall–Kier alpha value is -2.42. The number of para-hydroxylation sites is 1. The van der Waals surface area contributed by atoms with E-state index in [1.165, 1.54) is 11.8 Å². The van der Waals surface area contributed by atoms with Crippen LogP contribution in [0.2, 0.25) is 0 Å². The third-order valence-electron chi connectivity index (χ3n) is 2.83. The van der Waals surface area contributed by atoms with Crippen molar-refractivity contribution in [3.05, 3.63) is 30.3 Å². The summed E-state index contributed by atoms with van der Waals surface area (Å²) in [6.07, 6.45) is -0.594. The molecule has 21 heavy (non-hydrogen) atoms. The van der Waals surface area contributed by atoms with Gasteiger partial charge in [0.05, 0.1) is 18.0 Å². The molecule has 1 fully saturated rings. The van der Waals surface area contributed by atoms with E-state index in [2.05, 4.69) is 15.5 Å². The van der Waals surface area contributed by atoms with Crippen LogP contribution in [0, 0.1) is 0 Å². The van der Waals surface area contributed by atoms with Crippen LogP contribution in [-0.4, -0.2) is 56.0 Å². The van der Waals surface area contributed by atoms with Crippen molar-refractivity contribution < 1.29 is 14.3 Å². The van der Waals surface area contributed by atoms with Gasteiger partial charge in [0.15, 0.2) is 0 Å². The summed E-state index contributed by atoms with van der Waals surface area (Å²) in [7, 11) is 0. The van der Waals surface area contributed by atoms with Crippen LogP contribution >= 0.6 is 11.8 Å². The average molecular weight is 305 g/mol. The molecule has 0 aliphatic carbocycles. The highest BCUT2D eigenvalue weighted by atomic mass is 32.2. The first-order valence-electron chi connectivity index (χ1n) is 6.19. The minimum absolute atomic E-state index is 0.0717. The molecule has 0 saturated carbocycles. The number of ether oxygens (including phenoxy) is 1. The number of rotatable bonds is 4. The fourth-order valence-electron chi connectivity index (χ4n) is 1.82. The number of carbonyl (C=O) groups excluding carboxylic acids is 2. The molecule has 1 aliphatic heterocycles. The smallest absolute Gasteiger partial charge is 0.416 e. The van der Waals surface area contributed by atoms with Gasteiger partial charge >= 0.3 is 6.09 Å². The molecule has 0 radical (unpaired) electrons. The summed E-state index contributed by atoms with van der Waals surface area (Å²) in [6, 6.07) is 9.36. The molecule has 3 rings (SSSR count). The summed E-state index contributed by atoms with van der Waals surface area (Å²) in [4.78, 5) is 24.3. The molecule has 1 aromatic heterocycles. The Morgan fingerprint density at radius 2 is 2.14 bits per heavy atom. The predicted molar refractivity (Wildman–Crippen MR) is 72.9 cm³/mol. The lowest BCUT2D eigenvalue weighted by atomic mass is 10.3. The van der Waals surface area contributed by atoms with Crippen LogP contribution in [0.1, 0.15) is 0 Å². The zero-order chi connectivity index (χ0) is 14.7. The number of cyclic esters (lactones) is 1. The van der Waals surface area contributed by atoms with Crippen molar-refractivity contribution in [2.75, 3.05) is 18.9 Å². The lowest BCUT2D eigenvalue weighted by Gasteiger charge is -2.09. The van der Waals surface area contributed by atoms with Gasteiger partial charge in [0.2, 0.25) is 11.1 Å². The molecule has 1 aromatic carbocycles. The molecule has 1 aliphatic rings. The Kier molecular flexibility index (Phi) is 3.82. The number of thioether (sulfide) groups is 1. The largest absolute Gasteiger partial charge is 0.447 e. The van der Waals surface area contributed by atoms with Gasteiger partial charge in [0.1, 0.15) is 6.61 Å². The molecule has 9 heteroatoms. The molecular weight excluding hydrogens is 294 g/mol. The highest BCUT2D eigenvalue weighted by molar-refractivity contribution is 7.99. The van der Waals surface area contributed by atoms with Gasteiger partial charge < -0.3 is 4.74 Å². The fourth-order valence-corrected chi connectivity index (χ4v) is 2.59. The highest BCUT2D eigenvalue weighted by Gasteiger charge is 2.28. The molecule has 8 nitrogen and oxygen atoms in total. The highest BCUT2D eigenvalue weighted by Crippen LogP contribution is 2.19. The van der Waals surface area contributed by atoms with Crippen LogP contribution in [0.15, 0.2) is 35.5 Å². The molecule has 0 atom stereocenters. The number of carbonyl (C=O) groups is 2. The number of hydrogen-bond donors (Lipinski definition) is 0. The Bertz CT molecular complexity index is 660. The van der Waals surface area contributed by atoms with E-state index in [9.17, 15) is 9.59 Å². The van der Waals surface area contributed by atoms with E-state index in [4.69, 9.17) is 4.74 Å². The van der Waals surface area contributed by atoms with Gasteiger partial charge in [-0.25, -0.2) is 9.69 Å². The fraction of sp³-hybridized carbons (Fsp3) is 0.250. The van der Waals surface area contributed by atoms with E-state index < -0.39 is 6.09 Å². The third-order valence-corrected chi connectivity index (χ3v) is 3.73. The molecule has 2 heterocycles. The van der Waals surface area contributed by atoms with E-state index in [-0.39, 0.29) is 18.3 Å². The first-order chi connectivity index (χ1) is 10.3. The van der Waals surface area contributed by atoms with E-state index in [1.807, 2.05) is 30.3 Å². The third kappa shape index (κ3) is 2.87. The lowest BCUT2D eigenvalue weighted by molar-refractivity contribution is -0.125. The van der Waals surface area contributed by atoms with Gasteiger partial charge in [-0.15, -0.1) is 5.10 Å². The lowest BCUT2D eigenvalue weighted by Crippen LogP contribution is -2.33. The minimum atomic E-state index is -0.594. The quantitative estimate of drug-likeness (QED) is 0.769. The Labute approximate surface area is 124 Å². The maximum absolute atomic E-state index is 11.9. The van der Waals surface area contributed by atoms with Gasteiger partial charge in [-0.2, -0.15) is 4.68 Å². The molecule has 2 aromatic rings. The molecule has 108 valence electrons. The number of imide groups is 1.